The first-order chi connectivity index (χ1) is 5.30. The van der Waals surface area contributed by atoms with E-state index in [-0.39, 0.29) is 7.43 Å². The van der Waals surface area contributed by atoms with Gasteiger partial charge in [-0.05, 0) is 11.8 Å². The van der Waals surface area contributed by atoms with E-state index < -0.39 is 0 Å². The van der Waals surface area contributed by atoms with Gasteiger partial charge in [0.1, 0.15) is 0 Å². The molecule has 0 nitrogen and oxygen atoms in total. The first-order valence-corrected chi connectivity index (χ1v) is 5.30. The monoisotopic (exact) mass is 172 g/mol. The van der Waals surface area contributed by atoms with Crippen LogP contribution in [0.4, 0.5) is 0 Å². The summed E-state index contributed by atoms with van der Waals surface area (Å²) in [6, 6.07) is 0. The Morgan fingerprint density at radius 2 is 1.33 bits per heavy atom. The second-order valence-corrected chi connectivity index (χ2v) is 3.64. The molecule has 0 radical (unpaired) electrons. The van der Waals surface area contributed by atoms with Crippen LogP contribution in [0.15, 0.2) is 0 Å². The molecule has 0 heterocycles. The molecular formula is C12H28. The molecule has 0 saturated heterocycles. The predicted molar refractivity (Wildman–Crippen MR) is 59.5 cm³/mol. The fourth-order valence-electron chi connectivity index (χ4n) is 1.80. The third-order valence-corrected chi connectivity index (χ3v) is 2.59. The van der Waals surface area contributed by atoms with Gasteiger partial charge in [-0.15, -0.1) is 0 Å². The van der Waals surface area contributed by atoms with E-state index in [9.17, 15) is 0 Å². The van der Waals surface area contributed by atoms with Crippen molar-refractivity contribution in [1.82, 2.24) is 0 Å². The summed E-state index contributed by atoms with van der Waals surface area (Å²) in [7, 11) is 0. The molecule has 0 aromatic rings. The smallest absolute Gasteiger partial charge is 0.0391 e. The lowest BCUT2D eigenvalue weighted by atomic mass is 9.82. The van der Waals surface area contributed by atoms with Crippen molar-refractivity contribution in [3.8, 4) is 0 Å². The Hall–Kier alpha value is 0. The third-order valence-electron chi connectivity index (χ3n) is 2.59. The average molecular weight is 172 g/mol. The topological polar surface area (TPSA) is 0 Å². The summed E-state index contributed by atoms with van der Waals surface area (Å²) in [6.45, 7) is 8.71. The average Bonchev–Trinajstić information content (AvgIpc) is 2.10. The molecule has 0 aromatic carbocycles. The molecule has 0 N–H and O–H groups in total. The fourth-order valence-corrected chi connectivity index (χ4v) is 1.80. The van der Waals surface area contributed by atoms with E-state index in [2.05, 4.69) is 13.8 Å². The molecule has 1 fully saturated rings. The molecule has 1 rings (SSSR count). The molecule has 0 bridgehead atoms. The summed E-state index contributed by atoms with van der Waals surface area (Å²) in [5.74, 6) is 1.99. The van der Waals surface area contributed by atoms with Crippen molar-refractivity contribution < 1.29 is 0 Å². The molecule has 0 heteroatoms. The molecule has 0 unspecified atom stereocenters. The Morgan fingerprint density at radius 3 is 1.58 bits per heavy atom. The second-order valence-electron chi connectivity index (χ2n) is 3.64. The van der Waals surface area contributed by atoms with Gasteiger partial charge in [0, 0.05) is 0 Å². The Balaban J connectivity index is 0. The molecule has 0 aliphatic heterocycles. The molecule has 0 spiro atoms. The van der Waals surface area contributed by atoms with Crippen LogP contribution in [0.3, 0.4) is 0 Å². The third kappa shape index (κ3) is 5.62. The van der Waals surface area contributed by atoms with Crippen molar-refractivity contribution in [1.29, 1.82) is 0 Å². The maximum atomic E-state index is 2.36. The fraction of sp³-hybridized carbons (Fsp3) is 1.00. The van der Waals surface area contributed by atoms with Crippen LogP contribution in [0.1, 0.15) is 67.2 Å². The van der Waals surface area contributed by atoms with Crippen LogP contribution in [0.25, 0.3) is 0 Å². The number of rotatable bonds is 1. The zero-order valence-corrected chi connectivity index (χ0v) is 8.69. The quantitative estimate of drug-likeness (QED) is 0.528. The van der Waals surface area contributed by atoms with Gasteiger partial charge < -0.3 is 0 Å². The zero-order valence-electron chi connectivity index (χ0n) is 8.69. The van der Waals surface area contributed by atoms with Crippen molar-refractivity contribution >= 4 is 0 Å². The van der Waals surface area contributed by atoms with Gasteiger partial charge in [-0.1, -0.05) is 67.2 Å². The SMILES string of the molecule is C.CC.CC(C)C1CCCCC1. The summed E-state index contributed by atoms with van der Waals surface area (Å²) >= 11 is 0. The number of hydrogen-bond acceptors (Lipinski definition) is 0. The van der Waals surface area contributed by atoms with Gasteiger partial charge in [0.2, 0.25) is 0 Å². The van der Waals surface area contributed by atoms with E-state index in [1.165, 1.54) is 32.1 Å². The minimum absolute atomic E-state index is 0. The Morgan fingerprint density at radius 1 is 0.917 bits per heavy atom. The Labute approximate surface area is 79.8 Å². The lowest BCUT2D eigenvalue weighted by Crippen LogP contribution is -2.12. The highest BCUT2D eigenvalue weighted by atomic mass is 14.2. The van der Waals surface area contributed by atoms with Crippen molar-refractivity contribution in [2.24, 2.45) is 11.8 Å². The highest BCUT2D eigenvalue weighted by molar-refractivity contribution is 4.67. The van der Waals surface area contributed by atoms with Gasteiger partial charge in [0.05, 0.1) is 0 Å². The van der Waals surface area contributed by atoms with Crippen molar-refractivity contribution in [2.45, 2.75) is 67.2 Å². The molecule has 1 aliphatic carbocycles. The summed E-state index contributed by atoms with van der Waals surface area (Å²) in [5.41, 5.74) is 0. The van der Waals surface area contributed by atoms with Gasteiger partial charge in [0.15, 0.2) is 0 Å². The van der Waals surface area contributed by atoms with E-state index in [1.54, 1.807) is 0 Å². The molecule has 0 aromatic heterocycles. The van der Waals surface area contributed by atoms with Crippen LogP contribution >= 0.6 is 0 Å². The molecule has 76 valence electrons. The van der Waals surface area contributed by atoms with Crippen LogP contribution in [0.2, 0.25) is 0 Å². The van der Waals surface area contributed by atoms with Crippen LogP contribution in [-0.4, -0.2) is 0 Å². The molecular weight excluding hydrogens is 144 g/mol. The van der Waals surface area contributed by atoms with E-state index in [0.29, 0.717) is 0 Å². The summed E-state index contributed by atoms with van der Waals surface area (Å²) in [5, 5.41) is 0. The summed E-state index contributed by atoms with van der Waals surface area (Å²) in [6.07, 6.45) is 7.46. The van der Waals surface area contributed by atoms with Crippen LogP contribution < -0.4 is 0 Å². The van der Waals surface area contributed by atoms with Crippen LogP contribution in [0, 0.1) is 11.8 Å². The number of hydrogen-bond donors (Lipinski definition) is 0. The maximum absolute atomic E-state index is 2.36. The molecule has 12 heavy (non-hydrogen) atoms. The first-order valence-electron chi connectivity index (χ1n) is 5.30. The lowest BCUT2D eigenvalue weighted by molar-refractivity contribution is 0.279. The van der Waals surface area contributed by atoms with E-state index in [1.807, 2.05) is 13.8 Å². The van der Waals surface area contributed by atoms with Crippen molar-refractivity contribution in [3.05, 3.63) is 0 Å². The predicted octanol–water partition coefficient (Wildman–Crippen LogP) is 4.89. The minimum atomic E-state index is 0. The van der Waals surface area contributed by atoms with Gasteiger partial charge >= 0.3 is 0 Å². The zero-order chi connectivity index (χ0) is 8.69. The second kappa shape index (κ2) is 9.09. The standard InChI is InChI=1S/C9H18.C2H6.CH4/c1-8(2)9-6-4-3-5-7-9;1-2;/h8-9H,3-7H2,1-2H3;1-2H3;1H4. The van der Waals surface area contributed by atoms with E-state index in [4.69, 9.17) is 0 Å². The van der Waals surface area contributed by atoms with Gasteiger partial charge in [-0.2, -0.15) is 0 Å². The summed E-state index contributed by atoms with van der Waals surface area (Å²) in [4.78, 5) is 0. The maximum Gasteiger partial charge on any atom is -0.0391 e. The van der Waals surface area contributed by atoms with Crippen LogP contribution in [-0.2, 0) is 0 Å². The van der Waals surface area contributed by atoms with Crippen molar-refractivity contribution in [3.63, 3.8) is 0 Å². The summed E-state index contributed by atoms with van der Waals surface area (Å²) < 4.78 is 0. The first kappa shape index (κ1) is 14.5. The minimum Gasteiger partial charge on any atom is -0.0776 e. The molecule has 1 saturated carbocycles. The molecule has 0 amide bonds. The highest BCUT2D eigenvalue weighted by Crippen LogP contribution is 2.29. The molecule has 0 atom stereocenters. The normalized spacial score (nSPS) is 17.8. The Kier molecular flexibility index (Phi) is 11.0. The highest BCUT2D eigenvalue weighted by Gasteiger charge is 2.15. The van der Waals surface area contributed by atoms with Crippen LogP contribution in [0.5, 0.6) is 0 Å². The van der Waals surface area contributed by atoms with Gasteiger partial charge in [0.25, 0.3) is 0 Å². The van der Waals surface area contributed by atoms with E-state index >= 15 is 0 Å². The van der Waals surface area contributed by atoms with Gasteiger partial charge in [-0.25, -0.2) is 0 Å². The van der Waals surface area contributed by atoms with Gasteiger partial charge in [-0.3, -0.25) is 0 Å². The largest absolute Gasteiger partial charge is 0.0776 e. The van der Waals surface area contributed by atoms with E-state index in [0.717, 1.165) is 11.8 Å². The van der Waals surface area contributed by atoms with Crippen molar-refractivity contribution in [2.75, 3.05) is 0 Å². The lowest BCUT2D eigenvalue weighted by Gasteiger charge is -2.24. The molecule has 1 aliphatic rings. The Bertz CT molecular complexity index is 68.1.